The minimum atomic E-state index is -1.08. The lowest BCUT2D eigenvalue weighted by molar-refractivity contribution is -0.208. The third-order valence-electron chi connectivity index (χ3n) is 4.65. The number of aliphatic hydroxyl groups excluding tert-OH is 3. The molecule has 142 valence electrons. The van der Waals surface area contributed by atoms with Crippen molar-refractivity contribution in [2.24, 2.45) is 0 Å². The van der Waals surface area contributed by atoms with Crippen LogP contribution in [-0.2, 0) is 9.47 Å². The van der Waals surface area contributed by atoms with Gasteiger partial charge in [-0.05, 0) is 19.3 Å². The van der Waals surface area contributed by atoms with Crippen molar-refractivity contribution < 1.29 is 24.8 Å². The zero-order chi connectivity index (χ0) is 17.6. The Morgan fingerprint density at radius 2 is 1.50 bits per heavy atom. The highest BCUT2D eigenvalue weighted by Gasteiger charge is 2.38. The van der Waals surface area contributed by atoms with Crippen molar-refractivity contribution in [3.8, 4) is 0 Å². The molecule has 1 rings (SSSR count). The largest absolute Gasteiger partial charge is 0.394 e. The lowest BCUT2D eigenvalue weighted by Gasteiger charge is -2.36. The first-order valence-electron chi connectivity index (χ1n) is 9.51. The summed E-state index contributed by atoms with van der Waals surface area (Å²) in [5.74, 6) is 0. The molecule has 4 atom stereocenters. The number of hydrogen-bond donors (Lipinski definition) is 3. The highest BCUT2D eigenvalue weighted by Crippen LogP contribution is 2.18. The van der Waals surface area contributed by atoms with E-state index in [9.17, 15) is 10.2 Å². The van der Waals surface area contributed by atoms with E-state index < -0.39 is 24.4 Å². The zero-order valence-corrected chi connectivity index (χ0v) is 14.9. The maximum absolute atomic E-state index is 9.94. The Morgan fingerprint density at radius 1 is 0.917 bits per heavy atom. The van der Waals surface area contributed by atoms with Gasteiger partial charge < -0.3 is 24.8 Å². The Morgan fingerprint density at radius 3 is 2.08 bits per heavy atom. The molecule has 0 aromatic rings. The molecule has 1 aliphatic heterocycles. The van der Waals surface area contributed by atoms with Gasteiger partial charge in [-0.3, -0.25) is 0 Å². The summed E-state index contributed by atoms with van der Waals surface area (Å²) in [5.41, 5.74) is 0. The number of hydrogen-bond acceptors (Lipinski definition) is 5. The lowest BCUT2D eigenvalue weighted by Crippen LogP contribution is -2.55. The monoisotopic (exact) mass is 344 g/mol. The quantitative estimate of drug-likeness (QED) is 0.333. The number of ether oxygens (including phenoxy) is 2. The van der Waals surface area contributed by atoms with Crippen molar-refractivity contribution in [3.63, 3.8) is 0 Å². The molecule has 0 unspecified atom stereocenters. The van der Waals surface area contributed by atoms with Gasteiger partial charge in [-0.1, -0.05) is 51.0 Å². The fraction of sp³-hybridized carbons (Fsp3) is 0.895. The van der Waals surface area contributed by atoms with Gasteiger partial charge in [-0.25, -0.2) is 0 Å². The topological polar surface area (TPSA) is 79.2 Å². The van der Waals surface area contributed by atoms with E-state index in [0.29, 0.717) is 6.61 Å². The van der Waals surface area contributed by atoms with Gasteiger partial charge in [-0.2, -0.15) is 0 Å². The molecule has 0 amide bonds. The van der Waals surface area contributed by atoms with Crippen LogP contribution in [0.3, 0.4) is 0 Å². The molecule has 0 bridgehead atoms. The van der Waals surface area contributed by atoms with E-state index in [1.807, 2.05) is 6.08 Å². The molecule has 1 heterocycles. The fourth-order valence-electron chi connectivity index (χ4n) is 3.03. The third-order valence-corrected chi connectivity index (χ3v) is 4.65. The van der Waals surface area contributed by atoms with Gasteiger partial charge in [0.1, 0.15) is 24.4 Å². The zero-order valence-electron chi connectivity index (χ0n) is 14.9. The summed E-state index contributed by atoms with van der Waals surface area (Å²) < 4.78 is 10.9. The van der Waals surface area contributed by atoms with E-state index in [4.69, 9.17) is 14.6 Å². The Labute approximate surface area is 146 Å². The van der Waals surface area contributed by atoms with Crippen LogP contribution >= 0.6 is 0 Å². The van der Waals surface area contributed by atoms with E-state index in [2.05, 4.69) is 6.58 Å². The van der Waals surface area contributed by atoms with Gasteiger partial charge in [0.2, 0.25) is 0 Å². The van der Waals surface area contributed by atoms with Crippen molar-refractivity contribution in [2.75, 3.05) is 19.8 Å². The number of unbranched alkanes of at least 4 members (excludes halogenated alkanes) is 9. The van der Waals surface area contributed by atoms with Gasteiger partial charge in [-0.15, -0.1) is 6.58 Å². The van der Waals surface area contributed by atoms with E-state index in [-0.39, 0.29) is 13.2 Å². The van der Waals surface area contributed by atoms with Crippen LogP contribution in [0.15, 0.2) is 12.7 Å². The Bertz CT molecular complexity index is 310. The first-order valence-corrected chi connectivity index (χ1v) is 9.51. The Kier molecular flexibility index (Phi) is 12.4. The molecule has 24 heavy (non-hydrogen) atoms. The normalized spacial score (nSPS) is 27.3. The van der Waals surface area contributed by atoms with E-state index in [1.165, 1.54) is 44.9 Å². The third kappa shape index (κ3) is 8.58. The van der Waals surface area contributed by atoms with E-state index in [0.717, 1.165) is 19.3 Å². The SMILES string of the molecule is C=CCCCCCCCCCCCO[C@H]1CO[C@H](CO)[C@@H](O)[C@@H]1O. The molecule has 5 heteroatoms. The molecule has 3 N–H and O–H groups in total. The predicted molar refractivity (Wildman–Crippen MR) is 94.9 cm³/mol. The minimum Gasteiger partial charge on any atom is -0.394 e. The summed E-state index contributed by atoms with van der Waals surface area (Å²) in [6, 6.07) is 0. The Balaban J connectivity index is 1.91. The van der Waals surface area contributed by atoms with Crippen molar-refractivity contribution in [1.82, 2.24) is 0 Å². The smallest absolute Gasteiger partial charge is 0.111 e. The minimum absolute atomic E-state index is 0.218. The maximum atomic E-state index is 9.94. The second-order valence-electron chi connectivity index (χ2n) is 6.70. The summed E-state index contributed by atoms with van der Waals surface area (Å²) in [6.45, 7) is 4.23. The molecule has 1 aliphatic rings. The molecule has 0 radical (unpaired) electrons. The summed E-state index contributed by atoms with van der Waals surface area (Å²) in [6.07, 6.45) is 11.0. The van der Waals surface area contributed by atoms with Crippen LogP contribution in [0.2, 0.25) is 0 Å². The standard InChI is InChI=1S/C19H36O5/c1-2-3-4-5-6-7-8-9-10-11-12-13-23-17-15-24-16(14-20)18(21)19(17)22/h2,16-22H,1,3-15H2/t16-,17+,18-,19-/m1/s1. The summed E-state index contributed by atoms with van der Waals surface area (Å²) in [7, 11) is 0. The van der Waals surface area contributed by atoms with Gasteiger partial charge >= 0.3 is 0 Å². The average molecular weight is 344 g/mol. The van der Waals surface area contributed by atoms with Crippen molar-refractivity contribution in [1.29, 1.82) is 0 Å². The predicted octanol–water partition coefficient (Wildman–Crippen LogP) is 2.57. The van der Waals surface area contributed by atoms with Crippen LogP contribution in [0.25, 0.3) is 0 Å². The van der Waals surface area contributed by atoms with Gasteiger partial charge in [0.25, 0.3) is 0 Å². The summed E-state index contributed by atoms with van der Waals surface area (Å²) >= 11 is 0. The van der Waals surface area contributed by atoms with Crippen LogP contribution in [0.1, 0.15) is 64.2 Å². The van der Waals surface area contributed by atoms with E-state index in [1.54, 1.807) is 0 Å². The highest BCUT2D eigenvalue weighted by molar-refractivity contribution is 4.87. The fourth-order valence-corrected chi connectivity index (χ4v) is 3.03. The highest BCUT2D eigenvalue weighted by atomic mass is 16.6. The van der Waals surface area contributed by atoms with Crippen LogP contribution in [-0.4, -0.2) is 59.6 Å². The first-order chi connectivity index (χ1) is 11.7. The first kappa shape index (κ1) is 21.6. The summed E-state index contributed by atoms with van der Waals surface area (Å²) in [5, 5.41) is 28.7. The van der Waals surface area contributed by atoms with Crippen molar-refractivity contribution in [3.05, 3.63) is 12.7 Å². The van der Waals surface area contributed by atoms with Crippen LogP contribution < -0.4 is 0 Å². The summed E-state index contributed by atoms with van der Waals surface area (Å²) in [4.78, 5) is 0. The number of allylic oxidation sites excluding steroid dienone is 1. The van der Waals surface area contributed by atoms with Crippen molar-refractivity contribution in [2.45, 2.75) is 88.6 Å². The van der Waals surface area contributed by atoms with Crippen LogP contribution in [0, 0.1) is 0 Å². The second kappa shape index (κ2) is 13.8. The number of aliphatic hydroxyl groups is 3. The second-order valence-corrected chi connectivity index (χ2v) is 6.70. The number of rotatable bonds is 14. The van der Waals surface area contributed by atoms with E-state index >= 15 is 0 Å². The molecule has 1 saturated heterocycles. The molecular weight excluding hydrogens is 308 g/mol. The van der Waals surface area contributed by atoms with Crippen LogP contribution in [0.5, 0.6) is 0 Å². The van der Waals surface area contributed by atoms with Gasteiger partial charge in [0, 0.05) is 6.61 Å². The molecule has 0 aliphatic carbocycles. The molecular formula is C19H36O5. The molecule has 0 saturated carbocycles. The lowest BCUT2D eigenvalue weighted by atomic mass is 10.0. The van der Waals surface area contributed by atoms with Gasteiger partial charge in [0.15, 0.2) is 0 Å². The average Bonchev–Trinajstić information content (AvgIpc) is 2.59. The maximum Gasteiger partial charge on any atom is 0.111 e. The van der Waals surface area contributed by atoms with Gasteiger partial charge in [0.05, 0.1) is 13.2 Å². The molecule has 5 nitrogen and oxygen atoms in total. The molecule has 1 fully saturated rings. The molecule has 0 aromatic carbocycles. The Hall–Kier alpha value is -0.460. The molecule has 0 spiro atoms. The van der Waals surface area contributed by atoms with Crippen molar-refractivity contribution >= 4 is 0 Å². The molecule has 0 aromatic heterocycles. The van der Waals surface area contributed by atoms with Crippen LogP contribution in [0.4, 0.5) is 0 Å².